The number of amides is 2. The molecule has 1 aliphatic rings. The lowest BCUT2D eigenvalue weighted by molar-refractivity contribution is 0.0206. The molecule has 1 aromatic heterocycles. The van der Waals surface area contributed by atoms with Gasteiger partial charge in [-0.25, -0.2) is 4.79 Å². The van der Waals surface area contributed by atoms with Gasteiger partial charge in [0.25, 0.3) is 5.91 Å². The van der Waals surface area contributed by atoms with Gasteiger partial charge in [0, 0.05) is 39.0 Å². The van der Waals surface area contributed by atoms with Crippen molar-refractivity contribution < 1.29 is 14.3 Å². The summed E-state index contributed by atoms with van der Waals surface area (Å²) in [5.74, 6) is -0.193. The third kappa shape index (κ3) is 5.47. The second kappa shape index (κ2) is 9.71. The van der Waals surface area contributed by atoms with Gasteiger partial charge in [-0.1, -0.05) is 54.6 Å². The fourth-order valence-corrected chi connectivity index (χ4v) is 4.31. The molecule has 2 amide bonds. The Morgan fingerprint density at radius 1 is 1.09 bits per heavy atom. The topological polar surface area (TPSA) is 76.5 Å². The molecule has 0 saturated heterocycles. The van der Waals surface area contributed by atoms with E-state index in [1.165, 1.54) is 0 Å². The van der Waals surface area contributed by atoms with Crippen LogP contribution in [-0.2, 0) is 24.8 Å². The summed E-state index contributed by atoms with van der Waals surface area (Å²) >= 11 is 0. The minimum absolute atomic E-state index is 0.0318. The van der Waals surface area contributed by atoms with Gasteiger partial charge < -0.3 is 15.0 Å². The fourth-order valence-electron chi connectivity index (χ4n) is 4.31. The van der Waals surface area contributed by atoms with E-state index in [9.17, 15) is 9.59 Å². The monoisotopic (exact) mass is 460 g/mol. The Morgan fingerprint density at radius 2 is 1.79 bits per heavy atom. The van der Waals surface area contributed by atoms with E-state index in [4.69, 9.17) is 4.74 Å². The smallest absolute Gasteiger partial charge is 0.410 e. The molecule has 0 fully saturated rings. The highest BCUT2D eigenvalue weighted by Crippen LogP contribution is 2.29. The average molecular weight is 461 g/mol. The Balaban J connectivity index is 1.48. The van der Waals surface area contributed by atoms with Crippen LogP contribution in [0.4, 0.5) is 4.79 Å². The number of nitrogens with one attached hydrogen (secondary N) is 1. The van der Waals surface area contributed by atoms with Gasteiger partial charge in [0.1, 0.15) is 5.60 Å². The Bertz CT molecular complexity index is 1160. The molecule has 34 heavy (non-hydrogen) atoms. The lowest BCUT2D eigenvalue weighted by atomic mass is 9.89. The molecule has 4 rings (SSSR count). The van der Waals surface area contributed by atoms with Crippen molar-refractivity contribution in [2.75, 3.05) is 13.1 Å². The molecule has 1 aliphatic heterocycles. The molecule has 7 nitrogen and oxygen atoms in total. The van der Waals surface area contributed by atoms with Crippen molar-refractivity contribution in [1.29, 1.82) is 0 Å². The number of rotatable bonds is 5. The number of carbonyl (C=O) groups is 2. The van der Waals surface area contributed by atoms with E-state index >= 15 is 0 Å². The SMILES string of the molecule is Cn1ncc(C(=O)NCC2CN(C(=O)OC(C)(C)C)Cc3ccccc32)c1Cc1ccccc1. The second-order valence-electron chi connectivity index (χ2n) is 9.76. The molecule has 3 aromatic rings. The van der Waals surface area contributed by atoms with Crippen molar-refractivity contribution in [2.24, 2.45) is 7.05 Å². The molecule has 2 heterocycles. The first kappa shape index (κ1) is 23.5. The quantitative estimate of drug-likeness (QED) is 0.617. The lowest BCUT2D eigenvalue weighted by Gasteiger charge is -2.35. The molecule has 7 heteroatoms. The first-order valence-electron chi connectivity index (χ1n) is 11.6. The van der Waals surface area contributed by atoms with Gasteiger partial charge in [0.15, 0.2) is 0 Å². The molecular weight excluding hydrogens is 428 g/mol. The van der Waals surface area contributed by atoms with E-state index in [2.05, 4.69) is 16.5 Å². The van der Waals surface area contributed by atoms with Crippen LogP contribution in [0.15, 0.2) is 60.8 Å². The number of ether oxygens (including phenoxy) is 1. The predicted molar refractivity (Wildman–Crippen MR) is 131 cm³/mol. The Hall–Kier alpha value is -3.61. The number of aromatic nitrogens is 2. The Kier molecular flexibility index (Phi) is 6.72. The summed E-state index contributed by atoms with van der Waals surface area (Å²) in [5, 5.41) is 7.41. The van der Waals surface area contributed by atoms with E-state index in [0.29, 0.717) is 31.6 Å². The molecule has 0 spiro atoms. The van der Waals surface area contributed by atoms with Crippen molar-refractivity contribution in [1.82, 2.24) is 20.0 Å². The summed E-state index contributed by atoms with van der Waals surface area (Å²) < 4.78 is 7.35. The molecule has 0 saturated carbocycles. The van der Waals surface area contributed by atoms with Crippen LogP contribution in [0.1, 0.15) is 59.4 Å². The van der Waals surface area contributed by atoms with E-state index in [1.807, 2.05) is 76.3 Å². The van der Waals surface area contributed by atoms with Gasteiger partial charge >= 0.3 is 6.09 Å². The van der Waals surface area contributed by atoms with E-state index < -0.39 is 5.60 Å². The van der Waals surface area contributed by atoms with Crippen LogP contribution >= 0.6 is 0 Å². The summed E-state index contributed by atoms with van der Waals surface area (Å²) in [5.41, 5.74) is 4.22. The zero-order chi connectivity index (χ0) is 24.3. The number of nitrogens with zero attached hydrogens (tertiary/aromatic N) is 3. The van der Waals surface area contributed by atoms with Crippen LogP contribution in [0.25, 0.3) is 0 Å². The van der Waals surface area contributed by atoms with Gasteiger partial charge in [-0.3, -0.25) is 9.48 Å². The first-order chi connectivity index (χ1) is 16.2. The minimum Gasteiger partial charge on any atom is -0.444 e. The lowest BCUT2D eigenvalue weighted by Crippen LogP contribution is -2.44. The average Bonchev–Trinajstić information content (AvgIpc) is 3.16. The number of carbonyl (C=O) groups excluding carboxylic acids is 2. The number of aryl methyl sites for hydroxylation is 1. The van der Waals surface area contributed by atoms with Crippen LogP contribution in [0, 0.1) is 0 Å². The third-order valence-corrected chi connectivity index (χ3v) is 5.98. The predicted octanol–water partition coefficient (Wildman–Crippen LogP) is 4.28. The van der Waals surface area contributed by atoms with Gasteiger partial charge in [-0.2, -0.15) is 5.10 Å². The highest BCUT2D eigenvalue weighted by Gasteiger charge is 2.31. The zero-order valence-electron chi connectivity index (χ0n) is 20.2. The summed E-state index contributed by atoms with van der Waals surface area (Å²) in [6.07, 6.45) is 1.91. The van der Waals surface area contributed by atoms with Crippen molar-refractivity contribution >= 4 is 12.0 Å². The van der Waals surface area contributed by atoms with Crippen LogP contribution in [0.3, 0.4) is 0 Å². The van der Waals surface area contributed by atoms with Crippen LogP contribution in [0.5, 0.6) is 0 Å². The largest absolute Gasteiger partial charge is 0.444 e. The summed E-state index contributed by atoms with van der Waals surface area (Å²) in [7, 11) is 1.85. The fraction of sp³-hybridized carbons (Fsp3) is 0.370. The molecule has 1 atom stereocenters. The highest BCUT2D eigenvalue weighted by molar-refractivity contribution is 5.95. The van der Waals surface area contributed by atoms with Gasteiger partial charge in [0.05, 0.1) is 17.5 Å². The zero-order valence-corrected chi connectivity index (χ0v) is 20.2. The van der Waals surface area contributed by atoms with Crippen molar-refractivity contribution in [2.45, 2.75) is 45.3 Å². The Morgan fingerprint density at radius 3 is 2.53 bits per heavy atom. The van der Waals surface area contributed by atoms with Crippen molar-refractivity contribution in [3.63, 3.8) is 0 Å². The molecule has 0 radical (unpaired) electrons. The van der Waals surface area contributed by atoms with Crippen LogP contribution < -0.4 is 5.32 Å². The van der Waals surface area contributed by atoms with Crippen molar-refractivity contribution in [3.05, 3.63) is 88.7 Å². The first-order valence-corrected chi connectivity index (χ1v) is 11.6. The molecule has 0 aliphatic carbocycles. The van der Waals surface area contributed by atoms with Crippen LogP contribution in [0.2, 0.25) is 0 Å². The number of hydrogen-bond acceptors (Lipinski definition) is 4. The second-order valence-corrected chi connectivity index (χ2v) is 9.76. The molecule has 1 unspecified atom stereocenters. The van der Waals surface area contributed by atoms with E-state index in [0.717, 1.165) is 22.4 Å². The third-order valence-electron chi connectivity index (χ3n) is 5.98. The molecule has 178 valence electrons. The van der Waals surface area contributed by atoms with Gasteiger partial charge in [-0.05, 0) is 37.5 Å². The minimum atomic E-state index is -0.562. The highest BCUT2D eigenvalue weighted by atomic mass is 16.6. The molecular formula is C27H32N4O3. The Labute approximate surface area is 200 Å². The van der Waals surface area contributed by atoms with Gasteiger partial charge in [0.2, 0.25) is 0 Å². The molecule has 1 N–H and O–H groups in total. The maximum Gasteiger partial charge on any atom is 0.410 e. The number of fused-ring (bicyclic) bond motifs is 1. The summed E-state index contributed by atoms with van der Waals surface area (Å²) in [4.78, 5) is 27.6. The summed E-state index contributed by atoms with van der Waals surface area (Å²) in [6, 6.07) is 18.1. The molecule has 2 aromatic carbocycles. The van der Waals surface area contributed by atoms with Crippen LogP contribution in [-0.4, -0.2) is 45.4 Å². The molecule has 0 bridgehead atoms. The van der Waals surface area contributed by atoms with E-state index in [1.54, 1.807) is 15.8 Å². The van der Waals surface area contributed by atoms with Gasteiger partial charge in [-0.15, -0.1) is 0 Å². The maximum atomic E-state index is 13.2. The standard InChI is InChI=1S/C27H32N4O3/c1-27(2,3)34-26(33)31-17-20-12-8-9-13-22(20)21(18-31)15-28-25(32)23-16-29-30(4)24(23)14-19-10-6-5-7-11-19/h5-13,16,21H,14-15,17-18H2,1-4H3,(H,28,32). The maximum absolute atomic E-state index is 13.2. The normalized spacial score (nSPS) is 15.5. The number of hydrogen-bond donors (Lipinski definition) is 1. The number of benzene rings is 2. The van der Waals surface area contributed by atoms with E-state index in [-0.39, 0.29) is 17.9 Å². The van der Waals surface area contributed by atoms with Crippen molar-refractivity contribution in [3.8, 4) is 0 Å². The summed E-state index contributed by atoms with van der Waals surface area (Å²) in [6.45, 7) is 6.98.